The number of nitrogens with zero attached hydrogens (tertiary/aromatic N) is 2. The van der Waals surface area contributed by atoms with Crippen LogP contribution < -0.4 is 14.8 Å². The van der Waals surface area contributed by atoms with Crippen LogP contribution in [0.15, 0.2) is 48.5 Å². The van der Waals surface area contributed by atoms with Crippen molar-refractivity contribution in [2.24, 2.45) is 5.92 Å². The molecule has 1 N–H and O–H groups in total. The molecule has 0 bridgehead atoms. The Balaban J connectivity index is 1.36. The van der Waals surface area contributed by atoms with Crippen LogP contribution in [0, 0.1) is 5.92 Å². The second kappa shape index (κ2) is 12.1. The summed E-state index contributed by atoms with van der Waals surface area (Å²) in [5, 5.41) is 3.21. The second-order valence-corrected chi connectivity index (χ2v) is 9.48. The fraction of sp³-hybridized carbons (Fsp3) is 0.500. The van der Waals surface area contributed by atoms with Gasteiger partial charge in [0.15, 0.2) is 0 Å². The number of nitrogens with one attached hydrogen (secondary N) is 1. The topological polar surface area (TPSA) is 71.1 Å². The number of methoxy groups -OCH3 is 2. The lowest BCUT2D eigenvalue weighted by Crippen LogP contribution is -2.52. The first-order valence-electron chi connectivity index (χ1n) is 12.7. The van der Waals surface area contributed by atoms with Gasteiger partial charge in [-0.05, 0) is 48.2 Å². The average Bonchev–Trinajstić information content (AvgIpc) is 2.92. The van der Waals surface area contributed by atoms with Gasteiger partial charge < -0.3 is 19.7 Å². The highest BCUT2D eigenvalue weighted by atomic mass is 16.5. The number of carbonyl (C=O) groups excluding carboxylic acids is 2. The molecule has 0 spiro atoms. The van der Waals surface area contributed by atoms with Crippen LogP contribution in [0.4, 0.5) is 0 Å². The Labute approximate surface area is 208 Å². The Morgan fingerprint density at radius 3 is 1.83 bits per heavy atom. The quantitative estimate of drug-likeness (QED) is 0.626. The van der Waals surface area contributed by atoms with E-state index in [1.807, 2.05) is 53.4 Å². The largest absolute Gasteiger partial charge is 0.497 e. The number of hydrogen-bond acceptors (Lipinski definition) is 5. The van der Waals surface area contributed by atoms with E-state index in [1.165, 1.54) is 19.3 Å². The third kappa shape index (κ3) is 6.54. The molecule has 7 nitrogen and oxygen atoms in total. The number of ether oxygens (including phenoxy) is 2. The Morgan fingerprint density at radius 2 is 1.34 bits per heavy atom. The smallest absolute Gasteiger partial charge is 0.234 e. The lowest BCUT2D eigenvalue weighted by molar-refractivity contribution is -0.138. The van der Waals surface area contributed by atoms with Crippen molar-refractivity contribution in [2.45, 2.75) is 38.1 Å². The van der Waals surface area contributed by atoms with Gasteiger partial charge in [-0.2, -0.15) is 0 Å². The first kappa shape index (κ1) is 25.0. The highest BCUT2D eigenvalue weighted by Crippen LogP contribution is 2.27. The molecule has 1 aliphatic carbocycles. The molecule has 1 saturated heterocycles. The van der Waals surface area contributed by atoms with Gasteiger partial charge in [-0.1, -0.05) is 43.5 Å². The molecule has 4 rings (SSSR count). The van der Waals surface area contributed by atoms with E-state index in [0.29, 0.717) is 25.5 Å². The van der Waals surface area contributed by atoms with Crippen molar-refractivity contribution < 1.29 is 19.1 Å². The van der Waals surface area contributed by atoms with E-state index in [9.17, 15) is 9.59 Å². The number of amides is 2. The van der Waals surface area contributed by atoms with Crippen LogP contribution >= 0.6 is 0 Å². The molecule has 0 unspecified atom stereocenters. The normalized spacial score (nSPS) is 17.3. The molecule has 0 radical (unpaired) electrons. The van der Waals surface area contributed by atoms with Gasteiger partial charge in [0.05, 0.1) is 26.8 Å². The predicted molar refractivity (Wildman–Crippen MR) is 136 cm³/mol. The van der Waals surface area contributed by atoms with Gasteiger partial charge in [-0.15, -0.1) is 0 Å². The van der Waals surface area contributed by atoms with Crippen LogP contribution in [0.1, 0.15) is 49.3 Å². The van der Waals surface area contributed by atoms with Gasteiger partial charge in [-0.3, -0.25) is 14.5 Å². The van der Waals surface area contributed by atoms with Crippen LogP contribution in [0.3, 0.4) is 0 Å². The Hall–Kier alpha value is -3.06. The van der Waals surface area contributed by atoms with Crippen LogP contribution in [-0.2, 0) is 9.59 Å². The maximum absolute atomic E-state index is 13.1. The first-order chi connectivity index (χ1) is 17.1. The van der Waals surface area contributed by atoms with Crippen molar-refractivity contribution in [1.82, 2.24) is 15.1 Å². The average molecular weight is 480 g/mol. The van der Waals surface area contributed by atoms with Crippen LogP contribution in [0.2, 0.25) is 0 Å². The van der Waals surface area contributed by atoms with E-state index in [0.717, 1.165) is 48.6 Å². The van der Waals surface area contributed by atoms with E-state index in [-0.39, 0.29) is 17.9 Å². The highest BCUT2D eigenvalue weighted by molar-refractivity contribution is 5.80. The molecule has 2 amide bonds. The summed E-state index contributed by atoms with van der Waals surface area (Å²) in [4.78, 5) is 30.1. The molecule has 35 heavy (non-hydrogen) atoms. The number of carbonyl (C=O) groups is 2. The monoisotopic (exact) mass is 479 g/mol. The Bertz CT molecular complexity index is 915. The molecule has 188 valence electrons. The van der Waals surface area contributed by atoms with Crippen LogP contribution in [-0.4, -0.2) is 68.6 Å². The molecule has 2 aliphatic rings. The van der Waals surface area contributed by atoms with Gasteiger partial charge in [0, 0.05) is 32.1 Å². The molecule has 2 aromatic rings. The maximum atomic E-state index is 13.1. The predicted octanol–water partition coefficient (Wildman–Crippen LogP) is 3.63. The van der Waals surface area contributed by atoms with E-state index in [2.05, 4.69) is 10.2 Å². The van der Waals surface area contributed by atoms with Crippen molar-refractivity contribution in [2.75, 3.05) is 46.9 Å². The summed E-state index contributed by atoms with van der Waals surface area (Å²) < 4.78 is 10.6. The summed E-state index contributed by atoms with van der Waals surface area (Å²) in [6.45, 7) is 3.16. The standard InChI is InChI=1S/C28H37N3O4/c1-34-24-12-8-21(9-13-24)27(22-10-14-25(35-2)15-11-22)29-26(32)20-30-16-18-31(19-17-30)28(33)23-6-4-3-5-7-23/h8-15,23,27H,3-7,16-20H2,1-2H3,(H,29,32). The summed E-state index contributed by atoms with van der Waals surface area (Å²) in [5.74, 6) is 2.03. The van der Waals surface area contributed by atoms with Crippen LogP contribution in [0.5, 0.6) is 11.5 Å². The minimum atomic E-state index is -0.284. The van der Waals surface area contributed by atoms with Gasteiger partial charge >= 0.3 is 0 Å². The van der Waals surface area contributed by atoms with Gasteiger partial charge in [0.1, 0.15) is 11.5 Å². The molecular weight excluding hydrogens is 442 g/mol. The van der Waals surface area contributed by atoms with E-state index < -0.39 is 0 Å². The van der Waals surface area contributed by atoms with Gasteiger partial charge in [0.25, 0.3) is 0 Å². The lowest BCUT2D eigenvalue weighted by atomic mass is 9.88. The fourth-order valence-corrected chi connectivity index (χ4v) is 5.10. The Morgan fingerprint density at radius 1 is 0.829 bits per heavy atom. The second-order valence-electron chi connectivity index (χ2n) is 9.48. The van der Waals surface area contributed by atoms with Crippen molar-refractivity contribution in [1.29, 1.82) is 0 Å². The molecule has 2 aromatic carbocycles. The third-order valence-corrected chi connectivity index (χ3v) is 7.21. The van der Waals surface area contributed by atoms with Crippen molar-refractivity contribution in [3.8, 4) is 11.5 Å². The Kier molecular flexibility index (Phi) is 8.64. The summed E-state index contributed by atoms with van der Waals surface area (Å²) in [6.07, 6.45) is 5.64. The van der Waals surface area contributed by atoms with E-state index in [4.69, 9.17) is 9.47 Å². The zero-order valence-electron chi connectivity index (χ0n) is 20.9. The molecule has 7 heteroatoms. The van der Waals surface area contributed by atoms with Crippen LogP contribution in [0.25, 0.3) is 0 Å². The highest BCUT2D eigenvalue weighted by Gasteiger charge is 2.29. The minimum absolute atomic E-state index is 0.0336. The maximum Gasteiger partial charge on any atom is 0.234 e. The number of rotatable bonds is 8. The van der Waals surface area contributed by atoms with Gasteiger partial charge in [0.2, 0.25) is 11.8 Å². The van der Waals surface area contributed by atoms with Crippen molar-refractivity contribution in [3.63, 3.8) is 0 Å². The molecular formula is C28H37N3O4. The zero-order chi connectivity index (χ0) is 24.6. The molecule has 1 saturated carbocycles. The fourth-order valence-electron chi connectivity index (χ4n) is 5.10. The summed E-state index contributed by atoms with van der Waals surface area (Å²) in [6, 6.07) is 15.2. The number of piperazine rings is 1. The SMILES string of the molecule is COc1ccc(C(NC(=O)CN2CCN(C(=O)C3CCCCC3)CC2)c2ccc(OC)cc2)cc1. The first-order valence-corrected chi connectivity index (χ1v) is 12.7. The zero-order valence-corrected chi connectivity index (χ0v) is 20.9. The summed E-state index contributed by atoms with van der Waals surface area (Å²) >= 11 is 0. The van der Waals surface area contributed by atoms with E-state index in [1.54, 1.807) is 14.2 Å². The van der Waals surface area contributed by atoms with Crippen molar-refractivity contribution in [3.05, 3.63) is 59.7 Å². The molecule has 0 atom stereocenters. The molecule has 0 aromatic heterocycles. The minimum Gasteiger partial charge on any atom is -0.497 e. The summed E-state index contributed by atoms with van der Waals surface area (Å²) in [5.41, 5.74) is 1.96. The number of hydrogen-bond donors (Lipinski definition) is 1. The van der Waals surface area contributed by atoms with E-state index >= 15 is 0 Å². The van der Waals surface area contributed by atoms with Crippen molar-refractivity contribution >= 4 is 11.8 Å². The lowest BCUT2D eigenvalue weighted by Gasteiger charge is -2.37. The molecule has 1 aliphatic heterocycles. The third-order valence-electron chi connectivity index (χ3n) is 7.21. The molecule has 2 fully saturated rings. The number of benzene rings is 2. The van der Waals surface area contributed by atoms with Gasteiger partial charge in [-0.25, -0.2) is 0 Å². The molecule has 1 heterocycles. The summed E-state index contributed by atoms with van der Waals surface area (Å²) in [7, 11) is 3.28.